The summed E-state index contributed by atoms with van der Waals surface area (Å²) in [5.41, 5.74) is 2.29. The molecule has 2 aromatic rings. The number of aryl methyl sites for hydroxylation is 1. The van der Waals surface area contributed by atoms with Crippen LogP contribution < -0.4 is 0 Å². The van der Waals surface area contributed by atoms with E-state index in [0.717, 1.165) is 16.7 Å². The van der Waals surface area contributed by atoms with Crippen molar-refractivity contribution in [3.63, 3.8) is 0 Å². The minimum atomic E-state index is 0.205. The van der Waals surface area contributed by atoms with E-state index in [0.29, 0.717) is 6.42 Å². The molecule has 0 amide bonds. The molecule has 0 radical (unpaired) electrons. The number of Topliss-reactive ketones (excluding diaryl/α,β-unsaturated/α-hetero) is 1. The van der Waals surface area contributed by atoms with E-state index < -0.39 is 0 Å². The van der Waals surface area contributed by atoms with E-state index in [2.05, 4.69) is 45.6 Å². The molecule has 0 N–H and O–H groups in total. The fraction of sp³-hybridized carbons (Fsp3) is 0.308. The van der Waals surface area contributed by atoms with Gasteiger partial charge in [-0.2, -0.15) is 0 Å². The molecule has 0 fully saturated rings. The highest BCUT2D eigenvalue weighted by molar-refractivity contribution is 9.10. The number of ketones is 1. The SMILES string of the molecule is CCn1c(CC(C)=O)cc2ccc(Br)cc21. The van der Waals surface area contributed by atoms with E-state index in [1.807, 2.05) is 6.07 Å². The van der Waals surface area contributed by atoms with Crippen LogP contribution in [0.1, 0.15) is 19.5 Å². The average molecular weight is 280 g/mol. The van der Waals surface area contributed by atoms with Crippen molar-refractivity contribution in [3.8, 4) is 0 Å². The van der Waals surface area contributed by atoms with Crippen LogP contribution in [0.3, 0.4) is 0 Å². The molecule has 0 aliphatic carbocycles. The molecule has 2 rings (SSSR count). The molecular weight excluding hydrogens is 266 g/mol. The summed E-state index contributed by atoms with van der Waals surface area (Å²) >= 11 is 3.48. The molecule has 3 heteroatoms. The summed E-state index contributed by atoms with van der Waals surface area (Å²) in [5.74, 6) is 0.205. The van der Waals surface area contributed by atoms with Crippen LogP contribution in [0.25, 0.3) is 10.9 Å². The molecule has 1 aromatic carbocycles. The van der Waals surface area contributed by atoms with Crippen LogP contribution in [0.4, 0.5) is 0 Å². The first kappa shape index (κ1) is 11.4. The smallest absolute Gasteiger partial charge is 0.135 e. The van der Waals surface area contributed by atoms with Gasteiger partial charge in [-0.25, -0.2) is 0 Å². The molecule has 2 nitrogen and oxygen atoms in total. The predicted molar refractivity (Wildman–Crippen MR) is 69.7 cm³/mol. The van der Waals surface area contributed by atoms with Crippen molar-refractivity contribution < 1.29 is 4.79 Å². The summed E-state index contributed by atoms with van der Waals surface area (Å²) < 4.78 is 3.27. The Labute approximate surface area is 103 Å². The molecule has 0 atom stereocenters. The lowest BCUT2D eigenvalue weighted by Crippen LogP contribution is -2.04. The van der Waals surface area contributed by atoms with Gasteiger partial charge in [-0.05, 0) is 37.4 Å². The van der Waals surface area contributed by atoms with Crippen LogP contribution in [0.5, 0.6) is 0 Å². The monoisotopic (exact) mass is 279 g/mol. The lowest BCUT2D eigenvalue weighted by atomic mass is 10.2. The number of fused-ring (bicyclic) bond motifs is 1. The predicted octanol–water partition coefficient (Wildman–Crippen LogP) is 3.56. The third kappa shape index (κ3) is 2.05. The van der Waals surface area contributed by atoms with E-state index in [-0.39, 0.29) is 5.78 Å². The van der Waals surface area contributed by atoms with Crippen molar-refractivity contribution in [2.45, 2.75) is 26.8 Å². The van der Waals surface area contributed by atoms with Gasteiger partial charge in [0, 0.05) is 28.6 Å². The van der Waals surface area contributed by atoms with Crippen LogP contribution in [-0.4, -0.2) is 10.4 Å². The second-order valence-electron chi connectivity index (χ2n) is 3.96. The van der Waals surface area contributed by atoms with Crippen molar-refractivity contribution in [2.75, 3.05) is 0 Å². The van der Waals surface area contributed by atoms with Gasteiger partial charge in [0.05, 0.1) is 0 Å². The first-order chi connectivity index (χ1) is 7.61. The second kappa shape index (κ2) is 4.42. The summed E-state index contributed by atoms with van der Waals surface area (Å²) in [4.78, 5) is 11.2. The first-order valence-electron chi connectivity index (χ1n) is 5.39. The largest absolute Gasteiger partial charge is 0.344 e. The van der Waals surface area contributed by atoms with Crippen LogP contribution in [0.15, 0.2) is 28.7 Å². The standard InChI is InChI=1S/C13H14BrNO/c1-3-15-12(6-9(2)16)7-10-4-5-11(14)8-13(10)15/h4-5,7-8H,3,6H2,1-2H3. The maximum absolute atomic E-state index is 11.2. The number of benzene rings is 1. The maximum atomic E-state index is 11.2. The number of aromatic nitrogens is 1. The van der Waals surface area contributed by atoms with Crippen molar-refractivity contribution in [2.24, 2.45) is 0 Å². The number of rotatable bonds is 3. The third-order valence-corrected chi connectivity index (χ3v) is 3.19. The van der Waals surface area contributed by atoms with Gasteiger partial charge in [-0.15, -0.1) is 0 Å². The lowest BCUT2D eigenvalue weighted by Gasteiger charge is -2.06. The number of carbonyl (C=O) groups excluding carboxylic acids is 1. The number of hydrogen-bond acceptors (Lipinski definition) is 1. The summed E-state index contributed by atoms with van der Waals surface area (Å²) in [5, 5.41) is 1.20. The van der Waals surface area contributed by atoms with Gasteiger partial charge in [0.15, 0.2) is 0 Å². The molecule has 1 aromatic heterocycles. The Hall–Kier alpha value is -1.09. The zero-order chi connectivity index (χ0) is 11.7. The third-order valence-electron chi connectivity index (χ3n) is 2.70. The van der Waals surface area contributed by atoms with Crippen LogP contribution in [0.2, 0.25) is 0 Å². The molecule has 0 saturated carbocycles. The zero-order valence-corrected chi connectivity index (χ0v) is 11.0. The molecule has 0 saturated heterocycles. The Kier molecular flexibility index (Phi) is 3.15. The van der Waals surface area contributed by atoms with Gasteiger partial charge in [0.1, 0.15) is 5.78 Å². The van der Waals surface area contributed by atoms with Crippen molar-refractivity contribution in [1.29, 1.82) is 0 Å². The summed E-state index contributed by atoms with van der Waals surface area (Å²) in [6, 6.07) is 8.31. The highest BCUT2D eigenvalue weighted by Gasteiger charge is 2.09. The topological polar surface area (TPSA) is 22.0 Å². The van der Waals surface area contributed by atoms with Gasteiger partial charge >= 0.3 is 0 Å². The van der Waals surface area contributed by atoms with Crippen LogP contribution >= 0.6 is 15.9 Å². The van der Waals surface area contributed by atoms with Crippen molar-refractivity contribution in [3.05, 3.63) is 34.4 Å². The van der Waals surface area contributed by atoms with Gasteiger partial charge < -0.3 is 4.57 Å². The van der Waals surface area contributed by atoms with Gasteiger partial charge in [-0.1, -0.05) is 22.0 Å². The lowest BCUT2D eigenvalue weighted by molar-refractivity contribution is -0.116. The average Bonchev–Trinajstić information content (AvgIpc) is 2.53. The highest BCUT2D eigenvalue weighted by atomic mass is 79.9. The Balaban J connectivity index is 2.62. The van der Waals surface area contributed by atoms with Gasteiger partial charge in [0.2, 0.25) is 0 Å². The minimum Gasteiger partial charge on any atom is -0.344 e. The number of hydrogen-bond donors (Lipinski definition) is 0. The van der Waals surface area contributed by atoms with E-state index >= 15 is 0 Å². The van der Waals surface area contributed by atoms with E-state index in [1.165, 1.54) is 10.9 Å². The van der Waals surface area contributed by atoms with Crippen LogP contribution in [0, 0.1) is 0 Å². The molecular formula is C13H14BrNO. The van der Waals surface area contributed by atoms with Gasteiger partial charge in [-0.3, -0.25) is 4.79 Å². The zero-order valence-electron chi connectivity index (χ0n) is 9.46. The molecule has 0 aliphatic heterocycles. The highest BCUT2D eigenvalue weighted by Crippen LogP contribution is 2.24. The number of nitrogens with zero attached hydrogens (tertiary/aromatic N) is 1. The second-order valence-corrected chi connectivity index (χ2v) is 4.88. The fourth-order valence-corrected chi connectivity index (χ4v) is 2.41. The van der Waals surface area contributed by atoms with Crippen molar-refractivity contribution in [1.82, 2.24) is 4.57 Å². The fourth-order valence-electron chi connectivity index (χ4n) is 2.06. The molecule has 1 heterocycles. The molecule has 0 unspecified atom stereocenters. The van der Waals surface area contributed by atoms with E-state index in [4.69, 9.17) is 0 Å². The Morgan fingerprint density at radius 2 is 2.12 bits per heavy atom. The van der Waals surface area contributed by atoms with Crippen molar-refractivity contribution >= 4 is 32.6 Å². The summed E-state index contributed by atoms with van der Waals surface area (Å²) in [6.45, 7) is 4.63. The molecule has 84 valence electrons. The maximum Gasteiger partial charge on any atom is 0.135 e. The normalized spacial score (nSPS) is 10.9. The van der Waals surface area contributed by atoms with E-state index in [1.54, 1.807) is 6.92 Å². The minimum absolute atomic E-state index is 0.205. The number of halogens is 1. The van der Waals surface area contributed by atoms with Crippen LogP contribution in [-0.2, 0) is 17.8 Å². The molecule has 0 aliphatic rings. The van der Waals surface area contributed by atoms with E-state index in [9.17, 15) is 4.79 Å². The molecule has 0 bridgehead atoms. The molecule has 16 heavy (non-hydrogen) atoms. The molecule has 0 spiro atoms. The first-order valence-corrected chi connectivity index (χ1v) is 6.18. The quantitative estimate of drug-likeness (QED) is 0.842. The Morgan fingerprint density at radius 1 is 1.38 bits per heavy atom. The Morgan fingerprint density at radius 3 is 2.75 bits per heavy atom. The summed E-state index contributed by atoms with van der Waals surface area (Å²) in [6.07, 6.45) is 0.514. The Bertz CT molecular complexity index is 542. The van der Waals surface area contributed by atoms with Gasteiger partial charge in [0.25, 0.3) is 0 Å². The number of carbonyl (C=O) groups is 1. The summed E-state index contributed by atoms with van der Waals surface area (Å²) in [7, 11) is 0.